The molecule has 5 heteroatoms. The molecule has 0 unspecified atom stereocenters. The molecule has 1 atom stereocenters. The van der Waals surface area contributed by atoms with E-state index >= 15 is 0 Å². The van der Waals surface area contributed by atoms with Crippen LogP contribution in [0.1, 0.15) is 44.1 Å². The van der Waals surface area contributed by atoms with Gasteiger partial charge in [-0.25, -0.2) is 4.39 Å². The highest BCUT2D eigenvalue weighted by Gasteiger charge is 2.30. The third-order valence-corrected chi connectivity index (χ3v) is 6.43. The Labute approximate surface area is 175 Å². The lowest BCUT2D eigenvalue weighted by atomic mass is 9.73. The molecule has 4 rings (SSSR count). The summed E-state index contributed by atoms with van der Waals surface area (Å²) in [6, 6.07) is 14.0. The Hall–Kier alpha value is -2.46. The lowest BCUT2D eigenvalue weighted by Gasteiger charge is -2.32. The Morgan fingerprint density at radius 1 is 1.10 bits per heavy atom. The van der Waals surface area contributed by atoms with Crippen LogP contribution in [0, 0.1) is 17.7 Å². The third kappa shape index (κ3) is 4.43. The van der Waals surface area contributed by atoms with E-state index in [-0.39, 0.29) is 17.6 Å². The number of aromatic nitrogens is 1. The average molecular weight is 411 g/mol. The molecule has 1 aromatic heterocycles. The number of hydrogen-bond acceptors (Lipinski definition) is 2. The molecular formula is C24H24ClFN2O. The standard InChI is InChI=1S/C24H24ClFN2O/c1-15(24(29)28-20-9-6-18(25)7-10-20)16-2-4-17(5-3-16)21-12-13-27-23-11-8-19(26)14-22(21)23/h6-17H,2-5H2,1H3,(H,28,29)/t15-,16-,17-/m1/s1. The van der Waals surface area contributed by atoms with Gasteiger partial charge in [-0.3, -0.25) is 9.78 Å². The van der Waals surface area contributed by atoms with Crippen molar-refractivity contribution in [2.45, 2.75) is 38.5 Å². The maximum Gasteiger partial charge on any atom is 0.227 e. The largest absolute Gasteiger partial charge is 0.326 e. The van der Waals surface area contributed by atoms with Crippen molar-refractivity contribution in [2.24, 2.45) is 11.8 Å². The van der Waals surface area contributed by atoms with Gasteiger partial charge in [0, 0.05) is 28.2 Å². The van der Waals surface area contributed by atoms with Crippen molar-refractivity contribution in [2.75, 3.05) is 5.32 Å². The zero-order chi connectivity index (χ0) is 20.4. The summed E-state index contributed by atoms with van der Waals surface area (Å²) < 4.78 is 13.8. The lowest BCUT2D eigenvalue weighted by molar-refractivity contribution is -0.121. The van der Waals surface area contributed by atoms with Crippen molar-refractivity contribution >= 4 is 34.1 Å². The summed E-state index contributed by atoms with van der Waals surface area (Å²) in [6.45, 7) is 2.01. The minimum atomic E-state index is -0.229. The van der Waals surface area contributed by atoms with Gasteiger partial charge in [0.2, 0.25) is 5.91 Å². The monoisotopic (exact) mass is 410 g/mol. The molecule has 1 amide bonds. The first-order chi connectivity index (χ1) is 14.0. The second-order valence-corrected chi connectivity index (χ2v) is 8.39. The topological polar surface area (TPSA) is 42.0 Å². The average Bonchev–Trinajstić information content (AvgIpc) is 2.74. The molecule has 2 aromatic carbocycles. The van der Waals surface area contributed by atoms with Gasteiger partial charge in [0.1, 0.15) is 5.82 Å². The van der Waals surface area contributed by atoms with E-state index in [2.05, 4.69) is 10.3 Å². The number of amides is 1. The molecule has 0 bridgehead atoms. The van der Waals surface area contributed by atoms with Gasteiger partial charge >= 0.3 is 0 Å². The van der Waals surface area contributed by atoms with Gasteiger partial charge in [-0.1, -0.05) is 18.5 Å². The number of fused-ring (bicyclic) bond motifs is 1. The minimum absolute atomic E-state index is 0.0483. The van der Waals surface area contributed by atoms with Crippen LogP contribution in [-0.4, -0.2) is 10.9 Å². The van der Waals surface area contributed by atoms with Crippen molar-refractivity contribution in [1.29, 1.82) is 0 Å². The second kappa shape index (κ2) is 8.50. The van der Waals surface area contributed by atoms with Gasteiger partial charge < -0.3 is 5.32 Å². The van der Waals surface area contributed by atoms with Gasteiger partial charge in [-0.2, -0.15) is 0 Å². The highest BCUT2D eigenvalue weighted by atomic mass is 35.5. The number of rotatable bonds is 4. The quantitative estimate of drug-likeness (QED) is 0.528. The molecule has 1 aliphatic carbocycles. The van der Waals surface area contributed by atoms with Gasteiger partial charge in [0.15, 0.2) is 0 Å². The summed E-state index contributed by atoms with van der Waals surface area (Å²) in [7, 11) is 0. The fourth-order valence-corrected chi connectivity index (χ4v) is 4.56. The van der Waals surface area contributed by atoms with Crippen molar-refractivity contribution < 1.29 is 9.18 Å². The van der Waals surface area contributed by atoms with Crippen molar-refractivity contribution in [1.82, 2.24) is 4.98 Å². The van der Waals surface area contributed by atoms with Crippen LogP contribution in [0.15, 0.2) is 54.7 Å². The Bertz CT molecular complexity index is 1010. The number of anilines is 1. The molecule has 29 heavy (non-hydrogen) atoms. The lowest BCUT2D eigenvalue weighted by Crippen LogP contribution is -2.29. The van der Waals surface area contributed by atoms with Crippen molar-refractivity contribution in [3.8, 4) is 0 Å². The summed E-state index contributed by atoms with van der Waals surface area (Å²) in [6.07, 6.45) is 5.78. The molecule has 1 saturated carbocycles. The molecule has 1 aliphatic rings. The summed E-state index contributed by atoms with van der Waals surface area (Å²) in [5, 5.41) is 4.55. The Balaban J connectivity index is 1.41. The molecule has 0 spiro atoms. The molecule has 150 valence electrons. The van der Waals surface area contributed by atoms with Crippen LogP contribution in [0.25, 0.3) is 10.9 Å². The number of nitrogens with zero attached hydrogens (tertiary/aromatic N) is 1. The molecule has 0 saturated heterocycles. The predicted octanol–water partition coefficient (Wildman–Crippen LogP) is 6.58. The van der Waals surface area contributed by atoms with E-state index in [9.17, 15) is 9.18 Å². The van der Waals surface area contributed by atoms with E-state index in [1.807, 2.05) is 31.3 Å². The van der Waals surface area contributed by atoms with Gasteiger partial charge in [-0.15, -0.1) is 0 Å². The predicted molar refractivity (Wildman–Crippen MR) is 116 cm³/mol. The zero-order valence-corrected chi connectivity index (χ0v) is 17.1. The molecule has 1 N–H and O–H groups in total. The maximum atomic E-state index is 13.8. The number of carbonyl (C=O) groups excluding carboxylic acids is 1. The van der Waals surface area contributed by atoms with Crippen molar-refractivity contribution in [3.05, 3.63) is 71.1 Å². The first kappa shape index (κ1) is 19.8. The zero-order valence-electron chi connectivity index (χ0n) is 16.4. The van der Waals surface area contributed by atoms with Crippen LogP contribution in [0.3, 0.4) is 0 Å². The fraction of sp³-hybridized carbons (Fsp3) is 0.333. The first-order valence-corrected chi connectivity index (χ1v) is 10.5. The maximum absolute atomic E-state index is 13.8. The van der Waals surface area contributed by atoms with E-state index < -0.39 is 0 Å². The molecule has 1 fully saturated rings. The molecule has 0 radical (unpaired) electrons. The van der Waals surface area contributed by atoms with E-state index in [1.54, 1.807) is 24.3 Å². The normalized spacial score (nSPS) is 20.4. The van der Waals surface area contributed by atoms with Crippen LogP contribution in [-0.2, 0) is 4.79 Å². The van der Waals surface area contributed by atoms with E-state index in [1.165, 1.54) is 11.6 Å². The van der Waals surface area contributed by atoms with Crippen LogP contribution >= 0.6 is 11.6 Å². The van der Waals surface area contributed by atoms with Crippen LogP contribution in [0.5, 0.6) is 0 Å². The van der Waals surface area contributed by atoms with Crippen LogP contribution < -0.4 is 5.32 Å². The Kier molecular flexibility index (Phi) is 5.81. The highest BCUT2D eigenvalue weighted by molar-refractivity contribution is 6.30. The van der Waals surface area contributed by atoms with Crippen LogP contribution in [0.2, 0.25) is 5.02 Å². The molecule has 3 aromatic rings. The summed E-state index contributed by atoms with van der Waals surface area (Å²) in [5.41, 5.74) is 2.78. The van der Waals surface area contributed by atoms with E-state index in [0.717, 1.165) is 42.3 Å². The highest BCUT2D eigenvalue weighted by Crippen LogP contribution is 2.41. The number of halogens is 2. The Morgan fingerprint density at radius 3 is 2.55 bits per heavy atom. The summed E-state index contributed by atoms with van der Waals surface area (Å²) >= 11 is 5.90. The minimum Gasteiger partial charge on any atom is -0.326 e. The molecule has 1 heterocycles. The van der Waals surface area contributed by atoms with Crippen molar-refractivity contribution in [3.63, 3.8) is 0 Å². The summed E-state index contributed by atoms with van der Waals surface area (Å²) in [4.78, 5) is 17.0. The van der Waals surface area contributed by atoms with Crippen LogP contribution in [0.4, 0.5) is 10.1 Å². The number of benzene rings is 2. The Morgan fingerprint density at radius 2 is 1.83 bits per heavy atom. The smallest absolute Gasteiger partial charge is 0.227 e. The van der Waals surface area contributed by atoms with Gasteiger partial charge in [0.05, 0.1) is 5.52 Å². The van der Waals surface area contributed by atoms with Gasteiger partial charge in [-0.05, 0) is 91.6 Å². The number of nitrogens with one attached hydrogen (secondary N) is 1. The second-order valence-electron chi connectivity index (χ2n) is 7.96. The van der Waals surface area contributed by atoms with E-state index in [0.29, 0.717) is 16.9 Å². The number of hydrogen-bond donors (Lipinski definition) is 1. The fourth-order valence-electron chi connectivity index (χ4n) is 4.43. The summed E-state index contributed by atoms with van der Waals surface area (Å²) in [5.74, 6) is 0.492. The first-order valence-electron chi connectivity index (χ1n) is 10.1. The number of carbonyl (C=O) groups is 1. The van der Waals surface area contributed by atoms with Gasteiger partial charge in [0.25, 0.3) is 0 Å². The number of pyridine rings is 1. The molecular weight excluding hydrogens is 387 g/mol. The third-order valence-electron chi connectivity index (χ3n) is 6.18. The van der Waals surface area contributed by atoms with E-state index in [4.69, 9.17) is 11.6 Å². The SMILES string of the molecule is C[C@@H](C(=O)Nc1ccc(Cl)cc1)[C@H]1CC[C@H](c2ccnc3ccc(F)cc32)CC1. The molecule has 0 aliphatic heterocycles. The molecule has 3 nitrogen and oxygen atoms in total.